The summed E-state index contributed by atoms with van der Waals surface area (Å²) in [4.78, 5) is 0. The van der Waals surface area contributed by atoms with Gasteiger partial charge in [0.1, 0.15) is 11.6 Å². The fourth-order valence-corrected chi connectivity index (χ4v) is 1.39. The van der Waals surface area contributed by atoms with Crippen LogP contribution in [0.4, 0.5) is 4.39 Å². The Kier molecular flexibility index (Phi) is 3.49. The van der Waals surface area contributed by atoms with Gasteiger partial charge in [-0.15, -0.1) is 6.58 Å². The van der Waals surface area contributed by atoms with Crippen molar-refractivity contribution in [3.63, 3.8) is 0 Å². The van der Waals surface area contributed by atoms with Crippen molar-refractivity contribution in [2.24, 2.45) is 5.73 Å². The number of benzene rings is 1. The van der Waals surface area contributed by atoms with E-state index >= 15 is 0 Å². The Morgan fingerprint density at radius 2 is 2.29 bits per heavy atom. The van der Waals surface area contributed by atoms with Gasteiger partial charge in [0.05, 0.1) is 5.02 Å². The number of aromatic hydroxyl groups is 1. The maximum atomic E-state index is 12.9. The highest BCUT2D eigenvalue weighted by molar-refractivity contribution is 6.32. The van der Waals surface area contributed by atoms with Gasteiger partial charge in [-0.25, -0.2) is 4.39 Å². The van der Waals surface area contributed by atoms with Crippen LogP contribution >= 0.6 is 11.6 Å². The van der Waals surface area contributed by atoms with E-state index < -0.39 is 11.9 Å². The van der Waals surface area contributed by atoms with Crippen LogP contribution in [0.1, 0.15) is 18.0 Å². The van der Waals surface area contributed by atoms with Crippen LogP contribution in [0.15, 0.2) is 24.8 Å². The molecule has 0 aliphatic rings. The van der Waals surface area contributed by atoms with Crippen molar-refractivity contribution < 1.29 is 9.50 Å². The van der Waals surface area contributed by atoms with Crippen molar-refractivity contribution in [1.29, 1.82) is 0 Å². The average Bonchev–Trinajstić information content (AvgIpc) is 2.11. The molecule has 0 heterocycles. The smallest absolute Gasteiger partial charge is 0.139 e. The summed E-state index contributed by atoms with van der Waals surface area (Å²) in [5.41, 5.74) is 5.99. The second-order valence-corrected chi connectivity index (χ2v) is 3.36. The molecule has 1 aromatic rings. The minimum atomic E-state index is -0.512. The molecule has 0 aromatic heterocycles. The predicted octanol–water partition coefficient (Wildman–Crippen LogP) is 2.76. The summed E-state index contributed by atoms with van der Waals surface area (Å²) in [5, 5.41) is 9.48. The Morgan fingerprint density at radius 3 is 2.86 bits per heavy atom. The van der Waals surface area contributed by atoms with Crippen LogP contribution in [0, 0.1) is 5.82 Å². The molecule has 0 saturated heterocycles. The van der Waals surface area contributed by atoms with Crippen LogP contribution in [-0.4, -0.2) is 5.11 Å². The van der Waals surface area contributed by atoms with Crippen molar-refractivity contribution in [2.75, 3.05) is 0 Å². The van der Waals surface area contributed by atoms with E-state index in [-0.39, 0.29) is 10.8 Å². The summed E-state index contributed by atoms with van der Waals surface area (Å²) in [5.74, 6) is -0.676. The third-order valence-electron chi connectivity index (χ3n) is 1.88. The summed E-state index contributed by atoms with van der Waals surface area (Å²) in [6.45, 7) is 3.51. The number of phenols is 1. The van der Waals surface area contributed by atoms with Gasteiger partial charge in [0.25, 0.3) is 0 Å². The Morgan fingerprint density at radius 1 is 1.64 bits per heavy atom. The van der Waals surface area contributed by atoms with E-state index in [1.165, 1.54) is 6.07 Å². The molecule has 0 aliphatic heterocycles. The number of rotatable bonds is 3. The first-order valence-corrected chi connectivity index (χ1v) is 4.48. The van der Waals surface area contributed by atoms with Gasteiger partial charge in [-0.1, -0.05) is 17.7 Å². The van der Waals surface area contributed by atoms with E-state index in [2.05, 4.69) is 6.58 Å². The van der Waals surface area contributed by atoms with Gasteiger partial charge in [-0.3, -0.25) is 0 Å². The minimum absolute atomic E-state index is 0.0282. The monoisotopic (exact) mass is 215 g/mol. The zero-order chi connectivity index (χ0) is 10.7. The molecular formula is C10H11ClFNO. The largest absolute Gasteiger partial charge is 0.506 e. The lowest BCUT2D eigenvalue weighted by Gasteiger charge is -2.12. The second-order valence-electron chi connectivity index (χ2n) is 2.96. The molecule has 0 bridgehead atoms. The van der Waals surface area contributed by atoms with Gasteiger partial charge in [0.15, 0.2) is 0 Å². The molecule has 1 aromatic carbocycles. The number of halogens is 2. The van der Waals surface area contributed by atoms with Crippen molar-refractivity contribution in [2.45, 2.75) is 12.5 Å². The van der Waals surface area contributed by atoms with Crippen LogP contribution < -0.4 is 5.73 Å². The highest BCUT2D eigenvalue weighted by atomic mass is 35.5. The zero-order valence-corrected chi connectivity index (χ0v) is 8.26. The summed E-state index contributed by atoms with van der Waals surface area (Å²) in [7, 11) is 0. The molecule has 0 amide bonds. The number of hydrogen-bond donors (Lipinski definition) is 2. The number of phenolic OH excluding ortho intramolecular Hbond substituents is 1. The second kappa shape index (κ2) is 4.44. The molecule has 76 valence electrons. The van der Waals surface area contributed by atoms with E-state index in [4.69, 9.17) is 17.3 Å². The van der Waals surface area contributed by atoms with Gasteiger partial charge in [-0.05, 0) is 18.6 Å². The van der Waals surface area contributed by atoms with Gasteiger partial charge in [-0.2, -0.15) is 0 Å². The minimum Gasteiger partial charge on any atom is -0.506 e. The maximum absolute atomic E-state index is 12.9. The molecule has 0 saturated carbocycles. The summed E-state index contributed by atoms with van der Waals surface area (Å²) in [6.07, 6.45) is 2.05. The lowest BCUT2D eigenvalue weighted by atomic mass is 10.0. The van der Waals surface area contributed by atoms with Gasteiger partial charge < -0.3 is 10.8 Å². The topological polar surface area (TPSA) is 46.2 Å². The fraction of sp³-hybridized carbons (Fsp3) is 0.200. The SMILES string of the molecule is C=CC[C@@H](N)c1cc(F)cc(Cl)c1O. The average molecular weight is 216 g/mol. The molecule has 14 heavy (non-hydrogen) atoms. The van der Waals surface area contributed by atoms with Crippen molar-refractivity contribution in [1.82, 2.24) is 0 Å². The van der Waals surface area contributed by atoms with Gasteiger partial charge in [0, 0.05) is 11.6 Å². The highest BCUT2D eigenvalue weighted by Crippen LogP contribution is 2.32. The third-order valence-corrected chi connectivity index (χ3v) is 2.17. The van der Waals surface area contributed by atoms with Crippen LogP contribution in [0.5, 0.6) is 5.75 Å². The van der Waals surface area contributed by atoms with E-state index in [0.29, 0.717) is 12.0 Å². The Hall–Kier alpha value is -1.06. The van der Waals surface area contributed by atoms with Crippen LogP contribution in [0.2, 0.25) is 5.02 Å². The molecule has 4 heteroatoms. The lowest BCUT2D eigenvalue weighted by molar-refractivity contribution is 0.459. The van der Waals surface area contributed by atoms with Crippen LogP contribution in [0.3, 0.4) is 0 Å². The molecule has 1 rings (SSSR count). The highest BCUT2D eigenvalue weighted by Gasteiger charge is 2.13. The molecule has 0 fully saturated rings. The van der Waals surface area contributed by atoms with Crippen LogP contribution in [-0.2, 0) is 0 Å². The fourth-order valence-electron chi connectivity index (χ4n) is 1.18. The standard InChI is InChI=1S/C10H11ClFNO/c1-2-3-9(13)7-4-6(12)5-8(11)10(7)14/h2,4-5,9,14H,1,3,13H2/t9-/m1/s1. The molecule has 0 aliphatic carbocycles. The normalized spacial score (nSPS) is 12.5. The Bertz CT molecular complexity index is 354. The number of hydrogen-bond acceptors (Lipinski definition) is 2. The van der Waals surface area contributed by atoms with E-state index in [0.717, 1.165) is 6.07 Å². The first-order valence-electron chi connectivity index (χ1n) is 4.10. The van der Waals surface area contributed by atoms with E-state index in [1.54, 1.807) is 6.08 Å². The van der Waals surface area contributed by atoms with Crippen molar-refractivity contribution in [3.8, 4) is 5.75 Å². The summed E-state index contributed by atoms with van der Waals surface area (Å²) >= 11 is 5.59. The van der Waals surface area contributed by atoms with Gasteiger partial charge in [0.2, 0.25) is 0 Å². The molecule has 2 nitrogen and oxygen atoms in total. The van der Waals surface area contributed by atoms with E-state index in [1.807, 2.05) is 0 Å². The molecule has 0 unspecified atom stereocenters. The lowest BCUT2D eigenvalue weighted by Crippen LogP contribution is -2.09. The molecule has 0 radical (unpaired) electrons. The number of nitrogens with two attached hydrogens (primary N) is 1. The third kappa shape index (κ3) is 2.25. The first kappa shape index (κ1) is 11.0. The quantitative estimate of drug-likeness (QED) is 0.762. The van der Waals surface area contributed by atoms with Crippen molar-refractivity contribution in [3.05, 3.63) is 41.2 Å². The zero-order valence-electron chi connectivity index (χ0n) is 7.50. The van der Waals surface area contributed by atoms with E-state index in [9.17, 15) is 9.50 Å². The summed E-state index contributed by atoms with van der Waals surface area (Å²) < 4.78 is 12.9. The predicted molar refractivity (Wildman–Crippen MR) is 54.8 cm³/mol. The molecule has 0 spiro atoms. The van der Waals surface area contributed by atoms with Crippen molar-refractivity contribution >= 4 is 11.6 Å². The Balaban J connectivity index is 3.12. The first-order chi connectivity index (χ1) is 6.56. The van der Waals surface area contributed by atoms with Crippen LogP contribution in [0.25, 0.3) is 0 Å². The van der Waals surface area contributed by atoms with Gasteiger partial charge >= 0.3 is 0 Å². The Labute approximate surface area is 86.8 Å². The molecular weight excluding hydrogens is 205 g/mol. The molecule has 1 atom stereocenters. The maximum Gasteiger partial charge on any atom is 0.139 e. The summed E-state index contributed by atoms with van der Waals surface area (Å²) in [6, 6.07) is 1.73. The molecule has 3 N–H and O–H groups in total.